The lowest BCUT2D eigenvalue weighted by Gasteiger charge is -2.16. The number of sulfone groups is 1. The summed E-state index contributed by atoms with van der Waals surface area (Å²) in [5, 5.41) is 3.32. The molecule has 0 amide bonds. The van der Waals surface area contributed by atoms with Crippen LogP contribution >= 0.6 is 0 Å². The second-order valence-corrected chi connectivity index (χ2v) is 6.84. The maximum atomic E-state index is 11.4. The third-order valence-electron chi connectivity index (χ3n) is 3.10. The number of benzene rings is 2. The minimum absolute atomic E-state index is 0.111. The molecule has 0 saturated heterocycles. The first-order valence-electron chi connectivity index (χ1n) is 6.28. The van der Waals surface area contributed by atoms with E-state index in [1.165, 1.54) is 6.26 Å². The van der Waals surface area contributed by atoms with Crippen LogP contribution in [0.15, 0.2) is 53.4 Å². The van der Waals surface area contributed by atoms with Gasteiger partial charge in [-0.2, -0.15) is 0 Å². The summed E-state index contributed by atoms with van der Waals surface area (Å²) >= 11 is 0. The van der Waals surface area contributed by atoms with Crippen LogP contribution in [0.3, 0.4) is 0 Å². The molecule has 3 N–H and O–H groups in total. The number of nitrogens with two attached hydrogens (primary N) is 1. The molecular weight excluding hydrogens is 272 g/mol. The molecule has 20 heavy (non-hydrogen) atoms. The molecule has 0 fully saturated rings. The van der Waals surface area contributed by atoms with E-state index in [2.05, 4.69) is 5.32 Å². The molecule has 0 aliphatic rings. The van der Waals surface area contributed by atoms with Crippen molar-refractivity contribution in [2.45, 2.75) is 17.9 Å². The minimum atomic E-state index is -3.15. The lowest BCUT2D eigenvalue weighted by molar-refractivity contribution is 0.602. The molecule has 0 saturated carbocycles. The molecule has 0 aliphatic heterocycles. The minimum Gasteiger partial charge on any atom is -0.399 e. The second kappa shape index (κ2) is 5.54. The van der Waals surface area contributed by atoms with Crippen molar-refractivity contribution < 1.29 is 8.42 Å². The average molecular weight is 290 g/mol. The van der Waals surface area contributed by atoms with Crippen molar-refractivity contribution in [3.8, 4) is 0 Å². The van der Waals surface area contributed by atoms with Gasteiger partial charge in [0.05, 0.1) is 4.90 Å². The SMILES string of the molecule is CC(Nc1ccc(S(C)(=O)=O)cc1)c1ccc(N)cc1. The summed E-state index contributed by atoms with van der Waals surface area (Å²) in [7, 11) is -3.15. The van der Waals surface area contributed by atoms with E-state index in [4.69, 9.17) is 5.73 Å². The van der Waals surface area contributed by atoms with Gasteiger partial charge in [-0.05, 0) is 48.9 Å². The Morgan fingerprint density at radius 2 is 1.55 bits per heavy atom. The van der Waals surface area contributed by atoms with Crippen LogP contribution in [0.2, 0.25) is 0 Å². The summed E-state index contributed by atoms with van der Waals surface area (Å²) in [5.41, 5.74) is 8.39. The molecule has 0 aromatic heterocycles. The lowest BCUT2D eigenvalue weighted by atomic mass is 10.1. The highest BCUT2D eigenvalue weighted by atomic mass is 32.2. The van der Waals surface area contributed by atoms with E-state index in [0.717, 1.165) is 16.9 Å². The van der Waals surface area contributed by atoms with Crippen molar-refractivity contribution in [1.29, 1.82) is 0 Å². The van der Waals surface area contributed by atoms with Crippen LogP contribution < -0.4 is 11.1 Å². The second-order valence-electron chi connectivity index (χ2n) is 4.83. The van der Waals surface area contributed by atoms with Crippen LogP contribution in [-0.2, 0) is 9.84 Å². The quantitative estimate of drug-likeness (QED) is 0.849. The Bertz CT molecular complexity index is 677. The molecule has 5 heteroatoms. The highest BCUT2D eigenvalue weighted by Crippen LogP contribution is 2.21. The van der Waals surface area contributed by atoms with E-state index in [1.807, 2.05) is 31.2 Å². The van der Waals surface area contributed by atoms with E-state index < -0.39 is 9.84 Å². The van der Waals surface area contributed by atoms with Crippen LogP contribution in [0.4, 0.5) is 11.4 Å². The molecule has 0 bridgehead atoms. The molecule has 0 heterocycles. The van der Waals surface area contributed by atoms with E-state index in [9.17, 15) is 8.42 Å². The smallest absolute Gasteiger partial charge is 0.175 e. The van der Waals surface area contributed by atoms with Crippen LogP contribution in [0.1, 0.15) is 18.5 Å². The largest absolute Gasteiger partial charge is 0.399 e. The maximum Gasteiger partial charge on any atom is 0.175 e. The number of hydrogen-bond acceptors (Lipinski definition) is 4. The zero-order valence-electron chi connectivity index (χ0n) is 11.5. The Morgan fingerprint density at radius 1 is 1.00 bits per heavy atom. The van der Waals surface area contributed by atoms with E-state index in [0.29, 0.717) is 4.90 Å². The molecule has 0 spiro atoms. The standard InChI is InChI=1S/C15H18N2O2S/c1-11(12-3-5-13(16)6-4-12)17-14-7-9-15(10-8-14)20(2,18)19/h3-11,17H,16H2,1-2H3. The maximum absolute atomic E-state index is 11.4. The normalized spacial score (nSPS) is 12.9. The first-order chi connectivity index (χ1) is 9.36. The predicted molar refractivity (Wildman–Crippen MR) is 82.4 cm³/mol. The Kier molecular flexibility index (Phi) is 3.99. The van der Waals surface area contributed by atoms with Gasteiger partial charge in [0.25, 0.3) is 0 Å². The summed E-state index contributed by atoms with van der Waals surface area (Å²) in [4.78, 5) is 0.322. The summed E-state index contributed by atoms with van der Waals surface area (Å²) < 4.78 is 22.8. The zero-order valence-corrected chi connectivity index (χ0v) is 12.3. The van der Waals surface area contributed by atoms with Crippen molar-refractivity contribution in [2.75, 3.05) is 17.3 Å². The Hall–Kier alpha value is -2.01. The number of rotatable bonds is 4. The number of hydrogen-bond donors (Lipinski definition) is 2. The molecule has 106 valence electrons. The third-order valence-corrected chi connectivity index (χ3v) is 4.23. The molecule has 1 unspecified atom stereocenters. The van der Waals surface area contributed by atoms with Gasteiger partial charge in [-0.25, -0.2) is 8.42 Å². The van der Waals surface area contributed by atoms with Gasteiger partial charge in [-0.1, -0.05) is 12.1 Å². The van der Waals surface area contributed by atoms with Crippen molar-refractivity contribution in [1.82, 2.24) is 0 Å². The van der Waals surface area contributed by atoms with Crippen LogP contribution in [0.25, 0.3) is 0 Å². The average Bonchev–Trinajstić information content (AvgIpc) is 2.39. The van der Waals surface area contributed by atoms with Crippen molar-refractivity contribution >= 4 is 21.2 Å². The van der Waals surface area contributed by atoms with Gasteiger partial charge in [-0.3, -0.25) is 0 Å². The Labute approximate surface area is 119 Å². The molecule has 4 nitrogen and oxygen atoms in total. The Balaban J connectivity index is 2.12. The number of anilines is 2. The monoisotopic (exact) mass is 290 g/mol. The van der Waals surface area contributed by atoms with E-state index in [-0.39, 0.29) is 6.04 Å². The molecule has 2 aromatic carbocycles. The van der Waals surface area contributed by atoms with Gasteiger partial charge in [0.1, 0.15) is 0 Å². The number of nitrogens with one attached hydrogen (secondary N) is 1. The number of nitrogen functional groups attached to an aromatic ring is 1. The van der Waals surface area contributed by atoms with E-state index >= 15 is 0 Å². The predicted octanol–water partition coefficient (Wildman–Crippen LogP) is 2.85. The Morgan fingerprint density at radius 3 is 2.05 bits per heavy atom. The first-order valence-corrected chi connectivity index (χ1v) is 8.17. The molecular formula is C15H18N2O2S. The summed E-state index contributed by atoms with van der Waals surface area (Å²) in [6, 6.07) is 14.5. The molecule has 2 aromatic rings. The van der Waals surface area contributed by atoms with Crippen LogP contribution in [-0.4, -0.2) is 14.7 Å². The first kappa shape index (κ1) is 14.4. The summed E-state index contributed by atoms with van der Waals surface area (Å²) in [6.07, 6.45) is 1.20. The molecule has 1 atom stereocenters. The fourth-order valence-corrected chi connectivity index (χ4v) is 2.55. The third kappa shape index (κ3) is 3.51. The van der Waals surface area contributed by atoms with Crippen molar-refractivity contribution in [3.63, 3.8) is 0 Å². The summed E-state index contributed by atoms with van der Waals surface area (Å²) in [5.74, 6) is 0. The fraction of sp³-hybridized carbons (Fsp3) is 0.200. The van der Waals surface area contributed by atoms with Crippen molar-refractivity contribution in [3.05, 3.63) is 54.1 Å². The molecule has 0 radical (unpaired) electrons. The van der Waals surface area contributed by atoms with Gasteiger partial charge in [0, 0.05) is 23.7 Å². The molecule has 2 rings (SSSR count). The van der Waals surface area contributed by atoms with Gasteiger partial charge < -0.3 is 11.1 Å². The van der Waals surface area contributed by atoms with Crippen molar-refractivity contribution in [2.24, 2.45) is 0 Å². The van der Waals surface area contributed by atoms with Crippen LogP contribution in [0.5, 0.6) is 0 Å². The van der Waals surface area contributed by atoms with Gasteiger partial charge in [0.2, 0.25) is 0 Å². The summed E-state index contributed by atoms with van der Waals surface area (Å²) in [6.45, 7) is 2.04. The fourth-order valence-electron chi connectivity index (χ4n) is 1.92. The molecule has 0 aliphatic carbocycles. The zero-order chi connectivity index (χ0) is 14.8. The van der Waals surface area contributed by atoms with E-state index in [1.54, 1.807) is 24.3 Å². The van der Waals surface area contributed by atoms with Gasteiger partial charge >= 0.3 is 0 Å². The lowest BCUT2D eigenvalue weighted by Crippen LogP contribution is -2.07. The highest BCUT2D eigenvalue weighted by Gasteiger charge is 2.08. The topological polar surface area (TPSA) is 72.2 Å². The highest BCUT2D eigenvalue weighted by molar-refractivity contribution is 7.90. The van der Waals surface area contributed by atoms with Gasteiger partial charge in [0.15, 0.2) is 9.84 Å². The van der Waals surface area contributed by atoms with Crippen LogP contribution in [0, 0.1) is 0 Å². The van der Waals surface area contributed by atoms with Gasteiger partial charge in [-0.15, -0.1) is 0 Å².